The van der Waals surface area contributed by atoms with Crippen LogP contribution in [0.1, 0.15) is 10.4 Å². The molecule has 0 radical (unpaired) electrons. The highest BCUT2D eigenvalue weighted by Crippen LogP contribution is 2.11. The first-order chi connectivity index (χ1) is 10.0. The molecule has 0 bridgehead atoms. The molecule has 0 atom stereocenters. The molecule has 21 heavy (non-hydrogen) atoms. The number of nitrogens with zero attached hydrogens (tertiary/aromatic N) is 3. The van der Waals surface area contributed by atoms with Crippen LogP contribution in [0.3, 0.4) is 0 Å². The molecule has 0 unspecified atom stereocenters. The maximum Gasteiger partial charge on any atom is 0.254 e. The fourth-order valence-corrected chi connectivity index (χ4v) is 3.52. The van der Waals surface area contributed by atoms with E-state index >= 15 is 0 Å². The molecule has 1 aliphatic rings. The van der Waals surface area contributed by atoms with Crippen LogP contribution in [0, 0.1) is 0 Å². The van der Waals surface area contributed by atoms with Crippen molar-refractivity contribution in [2.75, 3.05) is 45.6 Å². The van der Waals surface area contributed by atoms with E-state index in [1.165, 1.54) is 11.4 Å². The molecule has 2 heterocycles. The lowest BCUT2D eigenvalue weighted by Gasteiger charge is -2.34. The summed E-state index contributed by atoms with van der Waals surface area (Å²) in [6, 6.07) is 3.31. The smallest absolute Gasteiger partial charge is 0.254 e. The maximum absolute atomic E-state index is 12.2. The second-order valence-electron chi connectivity index (χ2n) is 4.74. The van der Waals surface area contributed by atoms with Gasteiger partial charge in [0, 0.05) is 51.2 Å². The van der Waals surface area contributed by atoms with Crippen LogP contribution >= 0.6 is 0 Å². The van der Waals surface area contributed by atoms with Gasteiger partial charge < -0.3 is 9.64 Å². The largest absolute Gasteiger partial charge is 0.384 e. The van der Waals surface area contributed by atoms with Gasteiger partial charge in [0.2, 0.25) is 10.0 Å². The van der Waals surface area contributed by atoms with Gasteiger partial charge in [0.15, 0.2) is 0 Å². The van der Waals surface area contributed by atoms with Crippen LogP contribution in [0.2, 0.25) is 0 Å². The Morgan fingerprint density at radius 2 is 1.86 bits per heavy atom. The van der Waals surface area contributed by atoms with E-state index in [9.17, 15) is 13.2 Å². The Labute approximate surface area is 124 Å². The summed E-state index contributed by atoms with van der Waals surface area (Å²) in [6.07, 6.45) is 3.14. The Morgan fingerprint density at radius 3 is 2.43 bits per heavy atom. The molecule has 1 amide bonds. The molecule has 1 saturated heterocycles. The first-order valence-electron chi connectivity index (χ1n) is 6.70. The van der Waals surface area contributed by atoms with Crippen molar-refractivity contribution >= 4 is 15.9 Å². The van der Waals surface area contributed by atoms with Crippen molar-refractivity contribution in [1.29, 1.82) is 0 Å². The van der Waals surface area contributed by atoms with E-state index in [2.05, 4.69) is 4.98 Å². The van der Waals surface area contributed by atoms with Crippen molar-refractivity contribution in [2.45, 2.75) is 0 Å². The van der Waals surface area contributed by atoms with Crippen LogP contribution in [0.4, 0.5) is 0 Å². The molecule has 1 aromatic heterocycles. The Kier molecular flexibility index (Phi) is 5.27. The van der Waals surface area contributed by atoms with Gasteiger partial charge in [0.25, 0.3) is 5.91 Å². The molecule has 8 heteroatoms. The molecule has 0 saturated carbocycles. The van der Waals surface area contributed by atoms with E-state index in [1.807, 2.05) is 0 Å². The number of piperazine rings is 1. The van der Waals surface area contributed by atoms with Crippen LogP contribution in [-0.4, -0.2) is 74.2 Å². The monoisotopic (exact) mass is 313 g/mol. The third kappa shape index (κ3) is 3.99. The molecular weight excluding hydrogens is 294 g/mol. The Morgan fingerprint density at radius 1 is 1.24 bits per heavy atom. The number of carbonyl (C=O) groups is 1. The number of carbonyl (C=O) groups excluding carboxylic acids is 1. The Hall–Kier alpha value is -1.51. The molecule has 7 nitrogen and oxygen atoms in total. The van der Waals surface area contributed by atoms with Crippen molar-refractivity contribution in [1.82, 2.24) is 14.2 Å². The Balaban J connectivity index is 1.93. The fourth-order valence-electron chi connectivity index (χ4n) is 2.16. The van der Waals surface area contributed by atoms with Crippen LogP contribution in [0.5, 0.6) is 0 Å². The molecule has 1 aromatic rings. The van der Waals surface area contributed by atoms with Crippen molar-refractivity contribution in [2.24, 2.45) is 0 Å². The molecule has 0 aromatic carbocycles. The summed E-state index contributed by atoms with van der Waals surface area (Å²) in [5.74, 6) is -0.117. The first-order valence-corrected chi connectivity index (χ1v) is 8.31. The normalized spacial score (nSPS) is 16.9. The topological polar surface area (TPSA) is 79.8 Å². The first kappa shape index (κ1) is 15.9. The summed E-state index contributed by atoms with van der Waals surface area (Å²) in [5.41, 5.74) is 0.570. The molecule has 0 spiro atoms. The summed E-state index contributed by atoms with van der Waals surface area (Å²) in [5, 5.41) is 0. The van der Waals surface area contributed by atoms with Crippen molar-refractivity contribution in [3.63, 3.8) is 0 Å². The van der Waals surface area contributed by atoms with E-state index in [0.717, 1.165) is 0 Å². The summed E-state index contributed by atoms with van der Waals surface area (Å²) < 4.78 is 30.3. The van der Waals surface area contributed by atoms with Gasteiger partial charge in [0.1, 0.15) is 0 Å². The fraction of sp³-hybridized carbons (Fsp3) is 0.538. The van der Waals surface area contributed by atoms with Crippen molar-refractivity contribution < 1.29 is 17.9 Å². The van der Waals surface area contributed by atoms with E-state index in [4.69, 9.17) is 4.74 Å². The summed E-state index contributed by atoms with van der Waals surface area (Å²) >= 11 is 0. The quantitative estimate of drug-likeness (QED) is 0.753. The minimum atomic E-state index is -3.30. The highest BCUT2D eigenvalue weighted by Gasteiger charge is 2.28. The van der Waals surface area contributed by atoms with Gasteiger partial charge >= 0.3 is 0 Å². The van der Waals surface area contributed by atoms with Gasteiger partial charge in [-0.05, 0) is 12.1 Å². The average Bonchev–Trinajstić information content (AvgIpc) is 2.53. The summed E-state index contributed by atoms with van der Waals surface area (Å²) in [6.45, 7) is 1.62. The zero-order valence-electron chi connectivity index (χ0n) is 11.9. The van der Waals surface area contributed by atoms with Gasteiger partial charge in [-0.15, -0.1) is 0 Å². The molecule has 1 fully saturated rings. The predicted octanol–water partition coefficient (Wildman–Crippen LogP) is -0.184. The second kappa shape index (κ2) is 6.97. The zero-order valence-corrected chi connectivity index (χ0v) is 12.8. The van der Waals surface area contributed by atoms with E-state index in [-0.39, 0.29) is 18.3 Å². The number of hydrogen-bond acceptors (Lipinski definition) is 5. The van der Waals surface area contributed by atoms with Gasteiger partial charge in [-0.2, -0.15) is 4.31 Å². The predicted molar refractivity (Wildman–Crippen MR) is 77.4 cm³/mol. The minimum absolute atomic E-state index is 0.0260. The highest BCUT2D eigenvalue weighted by atomic mass is 32.2. The molecule has 2 rings (SSSR count). The standard InChI is InChI=1S/C13H19N3O4S/c1-20-10-11-21(18,19)16-8-6-15(7-9-16)13(17)12-2-4-14-5-3-12/h2-5H,6-11H2,1H3. The summed E-state index contributed by atoms with van der Waals surface area (Å²) in [7, 11) is -1.83. The van der Waals surface area contributed by atoms with Crippen LogP contribution in [-0.2, 0) is 14.8 Å². The van der Waals surface area contributed by atoms with Gasteiger partial charge in [0.05, 0.1) is 12.4 Å². The Bertz CT molecular complexity index is 568. The lowest BCUT2D eigenvalue weighted by Crippen LogP contribution is -2.51. The highest BCUT2D eigenvalue weighted by molar-refractivity contribution is 7.89. The number of pyridine rings is 1. The van der Waals surface area contributed by atoms with Crippen LogP contribution in [0.25, 0.3) is 0 Å². The number of rotatable bonds is 5. The third-order valence-corrected chi connectivity index (χ3v) is 5.23. The number of amides is 1. The third-order valence-electron chi connectivity index (χ3n) is 3.39. The van der Waals surface area contributed by atoms with Gasteiger partial charge in [-0.3, -0.25) is 9.78 Å². The molecular formula is C13H19N3O4S. The van der Waals surface area contributed by atoms with E-state index < -0.39 is 10.0 Å². The van der Waals surface area contributed by atoms with Crippen molar-refractivity contribution in [3.8, 4) is 0 Å². The maximum atomic E-state index is 12.2. The molecule has 0 aliphatic carbocycles. The number of ether oxygens (including phenoxy) is 1. The number of hydrogen-bond donors (Lipinski definition) is 0. The van der Waals surface area contributed by atoms with Crippen LogP contribution < -0.4 is 0 Å². The summed E-state index contributed by atoms with van der Waals surface area (Å²) in [4.78, 5) is 17.8. The minimum Gasteiger partial charge on any atom is -0.384 e. The van der Waals surface area contributed by atoms with E-state index in [0.29, 0.717) is 31.7 Å². The van der Waals surface area contributed by atoms with Crippen LogP contribution in [0.15, 0.2) is 24.5 Å². The SMILES string of the molecule is COCCS(=O)(=O)N1CCN(C(=O)c2ccncc2)CC1. The number of sulfonamides is 1. The second-order valence-corrected chi connectivity index (χ2v) is 6.82. The van der Waals surface area contributed by atoms with Gasteiger partial charge in [-0.25, -0.2) is 8.42 Å². The molecule has 0 N–H and O–H groups in total. The lowest BCUT2D eigenvalue weighted by molar-refractivity contribution is 0.0697. The van der Waals surface area contributed by atoms with E-state index in [1.54, 1.807) is 29.4 Å². The van der Waals surface area contributed by atoms with Gasteiger partial charge in [-0.1, -0.05) is 0 Å². The molecule has 116 valence electrons. The lowest BCUT2D eigenvalue weighted by atomic mass is 10.2. The zero-order chi connectivity index (χ0) is 15.3. The number of aromatic nitrogens is 1. The average molecular weight is 313 g/mol. The number of methoxy groups -OCH3 is 1. The molecule has 1 aliphatic heterocycles. The van der Waals surface area contributed by atoms with Crippen molar-refractivity contribution in [3.05, 3.63) is 30.1 Å².